The molecule has 0 aromatic rings. The van der Waals surface area contributed by atoms with Crippen molar-refractivity contribution < 1.29 is 14.4 Å². The lowest BCUT2D eigenvalue weighted by Gasteiger charge is -2.56. The maximum atomic E-state index is 12.9. The largest absolute Gasteiger partial charge is 0.354 e. The molecular formula is C22H33N3O3. The summed E-state index contributed by atoms with van der Waals surface area (Å²) in [4.78, 5) is 39.1. The minimum atomic E-state index is -0.760. The Morgan fingerprint density at radius 3 is 2.21 bits per heavy atom. The van der Waals surface area contributed by atoms with E-state index < -0.39 is 11.6 Å². The first-order valence-corrected chi connectivity index (χ1v) is 11.3. The fourth-order valence-corrected chi connectivity index (χ4v) is 7.41. The standard InChI is InChI=1S/C22H33N3O3/c1-14-2-4-22(5-3-14)19(27)25(20(28)24-22)12-18(26)23-13-21-9-15-6-16(10-21)8-17(7-15)11-21/h14-17H,2-13H2,1H3,(H,23,26)(H,24,28). The van der Waals surface area contributed by atoms with Crippen LogP contribution in [0.1, 0.15) is 71.1 Å². The van der Waals surface area contributed by atoms with Gasteiger partial charge in [0.05, 0.1) is 0 Å². The molecule has 0 unspecified atom stereocenters. The monoisotopic (exact) mass is 387 g/mol. The highest BCUT2D eigenvalue weighted by Crippen LogP contribution is 2.59. The lowest BCUT2D eigenvalue weighted by atomic mass is 9.49. The molecule has 0 radical (unpaired) electrons. The fourth-order valence-electron chi connectivity index (χ4n) is 7.41. The molecule has 6 nitrogen and oxygen atoms in total. The van der Waals surface area contributed by atoms with Gasteiger partial charge in [-0.3, -0.25) is 14.5 Å². The minimum absolute atomic E-state index is 0.145. The number of nitrogens with one attached hydrogen (secondary N) is 2. The van der Waals surface area contributed by atoms with Gasteiger partial charge in [-0.2, -0.15) is 0 Å². The Labute approximate surface area is 167 Å². The molecule has 2 N–H and O–H groups in total. The number of carbonyl (C=O) groups is 3. The Balaban J connectivity index is 1.18. The molecule has 0 aromatic heterocycles. The van der Waals surface area contributed by atoms with E-state index in [0.717, 1.165) is 35.5 Å². The molecule has 6 heteroatoms. The van der Waals surface area contributed by atoms with Gasteiger partial charge in [0.1, 0.15) is 12.1 Å². The first kappa shape index (κ1) is 18.4. The van der Waals surface area contributed by atoms with Crippen LogP contribution in [0.25, 0.3) is 0 Å². The molecule has 1 saturated heterocycles. The van der Waals surface area contributed by atoms with Crippen molar-refractivity contribution in [3.63, 3.8) is 0 Å². The zero-order valence-electron chi connectivity index (χ0n) is 17.0. The minimum Gasteiger partial charge on any atom is -0.354 e. The highest BCUT2D eigenvalue weighted by atomic mass is 16.2. The summed E-state index contributed by atoms with van der Waals surface area (Å²) in [5.41, 5.74) is -0.494. The number of hydrogen-bond acceptors (Lipinski definition) is 3. The third-order valence-electron chi connectivity index (χ3n) is 8.50. The van der Waals surface area contributed by atoms with Crippen molar-refractivity contribution in [2.24, 2.45) is 29.1 Å². The number of nitrogens with zero attached hydrogens (tertiary/aromatic N) is 1. The van der Waals surface area contributed by atoms with E-state index in [1.54, 1.807) is 0 Å². The van der Waals surface area contributed by atoms with Crippen LogP contribution in [0.15, 0.2) is 0 Å². The van der Waals surface area contributed by atoms with Crippen LogP contribution in [0.5, 0.6) is 0 Å². The maximum Gasteiger partial charge on any atom is 0.325 e. The summed E-state index contributed by atoms with van der Waals surface area (Å²) in [5, 5.41) is 6.00. The first-order chi connectivity index (χ1) is 13.4. The number of rotatable bonds is 4. The average Bonchev–Trinajstić information content (AvgIpc) is 2.86. The van der Waals surface area contributed by atoms with E-state index in [1.165, 1.54) is 38.5 Å². The highest BCUT2D eigenvalue weighted by Gasteiger charge is 2.53. The third kappa shape index (κ3) is 3.03. The molecule has 1 aliphatic heterocycles. The predicted octanol–water partition coefficient (Wildman–Crippen LogP) is 2.82. The molecule has 5 aliphatic carbocycles. The van der Waals surface area contributed by atoms with Crippen molar-refractivity contribution >= 4 is 17.8 Å². The normalized spacial score (nSPS) is 44.2. The number of imide groups is 1. The van der Waals surface area contributed by atoms with Gasteiger partial charge >= 0.3 is 6.03 Å². The third-order valence-corrected chi connectivity index (χ3v) is 8.50. The molecule has 28 heavy (non-hydrogen) atoms. The number of amides is 4. The SMILES string of the molecule is CC1CCC2(CC1)NC(=O)N(CC(=O)NCC13CC4CC(CC(C4)C1)C3)C2=O. The van der Waals surface area contributed by atoms with Crippen LogP contribution in [0, 0.1) is 29.1 Å². The highest BCUT2D eigenvalue weighted by molar-refractivity contribution is 6.09. The fraction of sp³-hybridized carbons (Fsp3) is 0.864. The van der Waals surface area contributed by atoms with E-state index in [2.05, 4.69) is 17.6 Å². The first-order valence-electron chi connectivity index (χ1n) is 11.3. The van der Waals surface area contributed by atoms with Crippen LogP contribution in [0.2, 0.25) is 0 Å². The van der Waals surface area contributed by atoms with Gasteiger partial charge < -0.3 is 10.6 Å². The van der Waals surface area contributed by atoms with Gasteiger partial charge in [-0.15, -0.1) is 0 Å². The second-order valence-corrected chi connectivity index (χ2v) is 10.8. The second-order valence-electron chi connectivity index (χ2n) is 10.8. The molecule has 0 aromatic carbocycles. The average molecular weight is 388 g/mol. The van der Waals surface area contributed by atoms with Gasteiger partial charge in [-0.25, -0.2) is 4.79 Å². The molecule has 6 rings (SSSR count). The Hall–Kier alpha value is -1.59. The van der Waals surface area contributed by atoms with E-state index in [0.29, 0.717) is 25.3 Å². The van der Waals surface area contributed by atoms with Crippen molar-refractivity contribution in [1.29, 1.82) is 0 Å². The van der Waals surface area contributed by atoms with E-state index in [9.17, 15) is 14.4 Å². The van der Waals surface area contributed by atoms with Gasteiger partial charge in [-0.05, 0) is 93.3 Å². The molecule has 1 heterocycles. The van der Waals surface area contributed by atoms with Crippen LogP contribution in [-0.2, 0) is 9.59 Å². The van der Waals surface area contributed by atoms with Gasteiger partial charge in [0.25, 0.3) is 5.91 Å². The number of carbonyl (C=O) groups excluding carboxylic acids is 3. The van der Waals surface area contributed by atoms with Gasteiger partial charge in [0.2, 0.25) is 5.91 Å². The van der Waals surface area contributed by atoms with Crippen LogP contribution >= 0.6 is 0 Å². The smallest absolute Gasteiger partial charge is 0.325 e. The van der Waals surface area contributed by atoms with Crippen molar-refractivity contribution in [1.82, 2.24) is 15.5 Å². The van der Waals surface area contributed by atoms with Gasteiger partial charge in [-0.1, -0.05) is 6.92 Å². The molecule has 0 atom stereocenters. The van der Waals surface area contributed by atoms with Gasteiger partial charge in [0.15, 0.2) is 0 Å². The molecule has 5 saturated carbocycles. The van der Waals surface area contributed by atoms with E-state index >= 15 is 0 Å². The zero-order valence-corrected chi connectivity index (χ0v) is 17.0. The van der Waals surface area contributed by atoms with Crippen LogP contribution < -0.4 is 10.6 Å². The molecular weight excluding hydrogens is 354 g/mol. The Morgan fingerprint density at radius 2 is 1.64 bits per heavy atom. The molecule has 6 aliphatic rings. The molecule has 4 bridgehead atoms. The molecule has 154 valence electrons. The summed E-state index contributed by atoms with van der Waals surface area (Å²) >= 11 is 0. The van der Waals surface area contributed by atoms with Crippen molar-refractivity contribution in [2.45, 2.75) is 76.7 Å². The summed E-state index contributed by atoms with van der Waals surface area (Å²) in [5.74, 6) is 2.75. The summed E-state index contributed by atoms with van der Waals surface area (Å²) < 4.78 is 0. The van der Waals surface area contributed by atoms with Crippen LogP contribution in [0.3, 0.4) is 0 Å². The van der Waals surface area contributed by atoms with E-state index in [4.69, 9.17) is 0 Å². The van der Waals surface area contributed by atoms with Crippen molar-refractivity contribution in [3.8, 4) is 0 Å². The zero-order chi connectivity index (χ0) is 19.5. The van der Waals surface area contributed by atoms with Gasteiger partial charge in [0, 0.05) is 6.54 Å². The number of urea groups is 1. The van der Waals surface area contributed by atoms with Crippen LogP contribution in [-0.4, -0.2) is 41.4 Å². The summed E-state index contributed by atoms with van der Waals surface area (Å²) in [6.45, 7) is 2.75. The van der Waals surface area contributed by atoms with Crippen molar-refractivity contribution in [2.75, 3.05) is 13.1 Å². The maximum absolute atomic E-state index is 12.9. The second kappa shape index (κ2) is 6.46. The van der Waals surface area contributed by atoms with E-state index in [-0.39, 0.29) is 23.8 Å². The van der Waals surface area contributed by atoms with Crippen molar-refractivity contribution in [3.05, 3.63) is 0 Å². The lowest BCUT2D eigenvalue weighted by molar-refractivity contribution is -0.136. The molecule has 4 amide bonds. The topological polar surface area (TPSA) is 78.5 Å². The van der Waals surface area contributed by atoms with E-state index in [1.807, 2.05) is 0 Å². The van der Waals surface area contributed by atoms with Crippen LogP contribution in [0.4, 0.5) is 4.79 Å². The Morgan fingerprint density at radius 1 is 1.07 bits per heavy atom. The molecule has 6 fully saturated rings. The summed E-state index contributed by atoms with van der Waals surface area (Å²) in [6, 6.07) is -0.399. The summed E-state index contributed by atoms with van der Waals surface area (Å²) in [6.07, 6.45) is 11.1. The predicted molar refractivity (Wildman–Crippen MR) is 104 cm³/mol. The Kier molecular flexibility index (Phi) is 4.25. The summed E-state index contributed by atoms with van der Waals surface area (Å²) in [7, 11) is 0. The molecule has 1 spiro atoms. The lowest BCUT2D eigenvalue weighted by Crippen LogP contribution is -2.52. The Bertz CT molecular complexity index is 660. The quantitative estimate of drug-likeness (QED) is 0.728. The number of hydrogen-bond donors (Lipinski definition) is 2.